The molecule has 174 valence electrons. The first kappa shape index (κ1) is 25.5. The minimum Gasteiger partial charge on any atom is -0.396 e. The van der Waals surface area contributed by atoms with Crippen LogP contribution in [0.4, 0.5) is 4.79 Å². The summed E-state index contributed by atoms with van der Waals surface area (Å²) in [5.74, 6) is -1.70. The molecule has 2 fully saturated rings. The highest BCUT2D eigenvalue weighted by atomic mass is 31.3. The number of nitrogens with one attached hydrogen (secondary N) is 1. The molecule has 2 aliphatic heterocycles. The summed E-state index contributed by atoms with van der Waals surface area (Å²) in [7, 11) is -16.7. The molecule has 30 heavy (non-hydrogen) atoms. The van der Waals surface area contributed by atoms with E-state index < -0.39 is 73.0 Å². The lowest BCUT2D eigenvalue weighted by Gasteiger charge is -2.33. The van der Waals surface area contributed by atoms with Crippen molar-refractivity contribution in [3.8, 4) is 0 Å². The molecule has 2 aliphatic rings. The standard InChI is InChI=1S/C10H19N2O15P3/c13-3-5-6(4-24-29(20,21)27-30(22,23)26-28(17,18)19)25-9(8(5)15)12-2-1-7(14)11-10(12)16/h5-6,8-9,13,15H,1-4H2,(H,20,21)(H,22,23)(H,11,14,16)(H2,17,18,19)/t5-,6-,8-,9-/m1/s1. The first-order chi connectivity index (χ1) is 13.6. The van der Waals surface area contributed by atoms with Gasteiger partial charge in [0.2, 0.25) is 5.91 Å². The Morgan fingerprint density at radius 3 is 2.27 bits per heavy atom. The Bertz CT molecular complexity index is 814. The number of aliphatic hydroxyl groups excluding tert-OH is 2. The minimum atomic E-state index is -5.71. The van der Waals surface area contributed by atoms with Crippen LogP contribution in [0.2, 0.25) is 0 Å². The van der Waals surface area contributed by atoms with Gasteiger partial charge >= 0.3 is 29.5 Å². The molecule has 0 spiro atoms. The van der Waals surface area contributed by atoms with Gasteiger partial charge in [0, 0.05) is 18.9 Å². The summed E-state index contributed by atoms with van der Waals surface area (Å²) < 4.78 is 50.6. The first-order valence-electron chi connectivity index (χ1n) is 7.97. The number of hydrogen-bond acceptors (Lipinski definition) is 11. The third-order valence-electron chi connectivity index (χ3n) is 3.95. The Kier molecular flexibility index (Phi) is 7.97. The predicted octanol–water partition coefficient (Wildman–Crippen LogP) is -2.03. The predicted molar refractivity (Wildman–Crippen MR) is 89.9 cm³/mol. The smallest absolute Gasteiger partial charge is 0.396 e. The lowest BCUT2D eigenvalue weighted by Crippen LogP contribution is -2.56. The van der Waals surface area contributed by atoms with Crippen LogP contribution in [0.25, 0.3) is 0 Å². The molecule has 0 bridgehead atoms. The van der Waals surface area contributed by atoms with Crippen molar-refractivity contribution in [2.24, 2.45) is 5.92 Å². The van der Waals surface area contributed by atoms with E-state index in [4.69, 9.17) is 19.4 Å². The van der Waals surface area contributed by atoms with E-state index in [-0.39, 0.29) is 13.0 Å². The minimum absolute atomic E-state index is 0.0890. The van der Waals surface area contributed by atoms with E-state index in [1.807, 2.05) is 5.32 Å². The average Bonchev–Trinajstić information content (AvgIpc) is 2.85. The molecule has 3 amide bonds. The molecule has 2 saturated heterocycles. The van der Waals surface area contributed by atoms with Gasteiger partial charge in [0.15, 0.2) is 6.23 Å². The van der Waals surface area contributed by atoms with Crippen LogP contribution >= 0.6 is 23.5 Å². The molecule has 2 unspecified atom stereocenters. The Morgan fingerprint density at radius 1 is 1.10 bits per heavy atom. The molecule has 2 rings (SSSR count). The molecule has 0 saturated carbocycles. The number of phosphoric ester groups is 1. The SMILES string of the molecule is O=C1CCN([C@@H]2O[C@H](COP(=O)(O)OP(=O)(O)OP(=O)(O)O)[C@@H](CO)[C@H]2O)C(=O)N1. The maximum Gasteiger partial charge on any atom is 0.490 e. The Labute approximate surface area is 168 Å². The zero-order chi connectivity index (χ0) is 22.9. The number of amides is 3. The van der Waals surface area contributed by atoms with Gasteiger partial charge in [-0.2, -0.15) is 8.62 Å². The fourth-order valence-corrected chi connectivity index (χ4v) is 5.76. The number of ether oxygens (including phenoxy) is 1. The number of imide groups is 1. The summed E-state index contributed by atoms with van der Waals surface area (Å²) in [5.41, 5.74) is 0. The Balaban J connectivity index is 2.02. The van der Waals surface area contributed by atoms with E-state index in [2.05, 4.69) is 13.1 Å². The van der Waals surface area contributed by atoms with Crippen molar-refractivity contribution in [2.75, 3.05) is 19.8 Å². The number of rotatable bonds is 9. The molecule has 0 aromatic rings. The Hall–Kier alpha value is -0.770. The molecule has 7 N–H and O–H groups in total. The van der Waals surface area contributed by atoms with Crippen LogP contribution in [-0.4, -0.2) is 84.8 Å². The monoisotopic (exact) mass is 500 g/mol. The van der Waals surface area contributed by atoms with Crippen LogP contribution in [0.15, 0.2) is 0 Å². The second-order valence-electron chi connectivity index (χ2n) is 6.09. The fraction of sp³-hybridized carbons (Fsp3) is 0.800. The van der Waals surface area contributed by atoms with E-state index in [0.717, 1.165) is 4.90 Å². The highest BCUT2D eigenvalue weighted by Gasteiger charge is 2.49. The van der Waals surface area contributed by atoms with Crippen molar-refractivity contribution >= 4 is 35.4 Å². The average molecular weight is 500 g/mol. The van der Waals surface area contributed by atoms with E-state index in [0.29, 0.717) is 0 Å². The third-order valence-corrected chi connectivity index (χ3v) is 7.75. The number of phosphoric acid groups is 3. The molecular formula is C10H19N2O15P3. The zero-order valence-electron chi connectivity index (χ0n) is 14.8. The summed E-state index contributed by atoms with van der Waals surface area (Å²) >= 11 is 0. The first-order valence-corrected chi connectivity index (χ1v) is 12.5. The van der Waals surface area contributed by atoms with Crippen LogP contribution in [0.1, 0.15) is 6.42 Å². The van der Waals surface area contributed by atoms with Gasteiger partial charge in [-0.05, 0) is 0 Å². The summed E-state index contributed by atoms with van der Waals surface area (Å²) in [4.78, 5) is 59.6. The van der Waals surface area contributed by atoms with E-state index >= 15 is 0 Å². The van der Waals surface area contributed by atoms with E-state index in [1.54, 1.807) is 0 Å². The van der Waals surface area contributed by atoms with Crippen LogP contribution in [0, 0.1) is 5.92 Å². The van der Waals surface area contributed by atoms with Crippen molar-refractivity contribution in [2.45, 2.75) is 24.9 Å². The summed E-state index contributed by atoms with van der Waals surface area (Å²) in [6.07, 6.45) is -4.27. The summed E-state index contributed by atoms with van der Waals surface area (Å²) in [6.45, 7) is -1.76. The molecule has 6 atom stereocenters. The number of aliphatic hydroxyl groups is 2. The van der Waals surface area contributed by atoms with Gasteiger partial charge in [-0.25, -0.2) is 18.5 Å². The van der Waals surface area contributed by atoms with Gasteiger partial charge in [-0.15, -0.1) is 0 Å². The van der Waals surface area contributed by atoms with Crippen molar-refractivity contribution < 1.29 is 71.0 Å². The second-order valence-corrected chi connectivity index (χ2v) is 10.5. The zero-order valence-corrected chi connectivity index (χ0v) is 17.5. The molecular weight excluding hydrogens is 481 g/mol. The maximum atomic E-state index is 11.9. The normalized spacial score (nSPS) is 31.9. The van der Waals surface area contributed by atoms with E-state index in [9.17, 15) is 38.4 Å². The maximum absolute atomic E-state index is 11.9. The molecule has 0 aromatic heterocycles. The van der Waals surface area contributed by atoms with E-state index in [1.165, 1.54) is 0 Å². The quantitative estimate of drug-likeness (QED) is 0.168. The molecule has 20 heteroatoms. The molecule has 0 aliphatic carbocycles. The highest BCUT2D eigenvalue weighted by Crippen LogP contribution is 2.66. The van der Waals surface area contributed by atoms with Gasteiger partial charge < -0.3 is 34.5 Å². The topological polar surface area (TPSA) is 259 Å². The van der Waals surface area contributed by atoms with Crippen molar-refractivity contribution in [1.82, 2.24) is 10.2 Å². The van der Waals surface area contributed by atoms with Crippen molar-refractivity contribution in [3.05, 3.63) is 0 Å². The second kappa shape index (κ2) is 9.38. The Morgan fingerprint density at radius 2 is 1.73 bits per heavy atom. The fourth-order valence-electron chi connectivity index (χ4n) is 2.73. The van der Waals surface area contributed by atoms with Crippen LogP contribution in [-0.2, 0) is 36.4 Å². The largest absolute Gasteiger partial charge is 0.490 e. The van der Waals surface area contributed by atoms with Crippen LogP contribution in [0.5, 0.6) is 0 Å². The van der Waals surface area contributed by atoms with Gasteiger partial charge in [0.1, 0.15) is 6.10 Å². The third kappa shape index (κ3) is 6.87. The van der Waals surface area contributed by atoms with Gasteiger partial charge in [-0.3, -0.25) is 19.5 Å². The lowest BCUT2D eigenvalue weighted by atomic mass is 9.99. The number of hydrogen-bond donors (Lipinski definition) is 7. The van der Waals surface area contributed by atoms with Gasteiger partial charge in [0.05, 0.1) is 19.3 Å². The van der Waals surface area contributed by atoms with Gasteiger partial charge in [-0.1, -0.05) is 0 Å². The lowest BCUT2D eigenvalue weighted by molar-refractivity contribution is -0.125. The molecule has 17 nitrogen and oxygen atoms in total. The van der Waals surface area contributed by atoms with Crippen LogP contribution < -0.4 is 5.32 Å². The van der Waals surface area contributed by atoms with Crippen molar-refractivity contribution in [1.29, 1.82) is 0 Å². The summed E-state index contributed by atoms with van der Waals surface area (Å²) in [5, 5.41) is 21.7. The molecule has 0 radical (unpaired) electrons. The number of carbonyl (C=O) groups is 2. The molecule has 2 heterocycles. The number of carbonyl (C=O) groups excluding carboxylic acids is 2. The van der Waals surface area contributed by atoms with Crippen LogP contribution in [0.3, 0.4) is 0 Å². The summed E-state index contributed by atoms with van der Waals surface area (Å²) in [6, 6.07) is -0.875. The number of urea groups is 1. The molecule has 0 aromatic carbocycles. The highest BCUT2D eigenvalue weighted by molar-refractivity contribution is 7.66. The number of nitrogens with zero attached hydrogens (tertiary/aromatic N) is 1. The van der Waals surface area contributed by atoms with Crippen molar-refractivity contribution in [3.63, 3.8) is 0 Å². The van der Waals surface area contributed by atoms with Gasteiger partial charge in [0.25, 0.3) is 0 Å².